The number of tetrazole rings is 1. The van der Waals surface area contributed by atoms with E-state index in [9.17, 15) is 0 Å². The third kappa shape index (κ3) is 3.75. The van der Waals surface area contributed by atoms with Crippen LogP contribution in [-0.2, 0) is 11.3 Å². The summed E-state index contributed by atoms with van der Waals surface area (Å²) < 4.78 is 8.20. The zero-order valence-corrected chi connectivity index (χ0v) is 15.1. The summed E-state index contributed by atoms with van der Waals surface area (Å²) in [5.41, 5.74) is 2.60. The van der Waals surface area contributed by atoms with Gasteiger partial charge in [0.1, 0.15) is 0 Å². The fraction of sp³-hybridized carbons (Fsp3) is 0.632. The van der Waals surface area contributed by atoms with Crippen LogP contribution < -0.4 is 0 Å². The normalized spacial score (nSPS) is 20.7. The van der Waals surface area contributed by atoms with Crippen molar-refractivity contribution in [3.05, 3.63) is 41.2 Å². The van der Waals surface area contributed by atoms with E-state index >= 15 is 0 Å². The first-order valence-corrected chi connectivity index (χ1v) is 9.40. The molecule has 25 heavy (non-hydrogen) atoms. The molecule has 1 aliphatic heterocycles. The van der Waals surface area contributed by atoms with E-state index < -0.39 is 0 Å². The van der Waals surface area contributed by atoms with Gasteiger partial charge in [0.25, 0.3) is 0 Å². The largest absolute Gasteiger partial charge is 0.373 e. The summed E-state index contributed by atoms with van der Waals surface area (Å²) in [6.07, 6.45) is 4.91. The van der Waals surface area contributed by atoms with Crippen LogP contribution in [-0.4, -0.2) is 44.3 Å². The SMILES string of the molecule is Cc1ccccc1COC1CCN([C@@H](C)c2nnnn2C2CC2)CC1. The summed E-state index contributed by atoms with van der Waals surface area (Å²) in [6, 6.07) is 9.26. The molecule has 0 unspecified atom stereocenters. The minimum atomic E-state index is 0.271. The van der Waals surface area contributed by atoms with Gasteiger partial charge in [-0.15, -0.1) is 5.10 Å². The Hall–Kier alpha value is -1.79. The lowest BCUT2D eigenvalue weighted by Crippen LogP contribution is -2.39. The highest BCUT2D eigenvalue weighted by atomic mass is 16.5. The summed E-state index contributed by atoms with van der Waals surface area (Å²) in [7, 11) is 0. The number of ether oxygens (including phenoxy) is 1. The molecule has 1 aromatic heterocycles. The van der Waals surface area contributed by atoms with Gasteiger partial charge in [0.15, 0.2) is 5.82 Å². The number of rotatable bonds is 6. The van der Waals surface area contributed by atoms with Crippen molar-refractivity contribution in [3.63, 3.8) is 0 Å². The number of aromatic nitrogens is 4. The van der Waals surface area contributed by atoms with Gasteiger partial charge in [-0.3, -0.25) is 4.90 Å². The molecule has 1 saturated carbocycles. The molecular formula is C19H27N5O. The number of likely N-dealkylation sites (tertiary alicyclic amines) is 1. The van der Waals surface area contributed by atoms with Crippen molar-refractivity contribution in [2.75, 3.05) is 13.1 Å². The monoisotopic (exact) mass is 341 g/mol. The van der Waals surface area contributed by atoms with Crippen LogP contribution in [0.25, 0.3) is 0 Å². The highest BCUT2D eigenvalue weighted by Gasteiger charge is 2.32. The maximum atomic E-state index is 6.17. The summed E-state index contributed by atoms with van der Waals surface area (Å²) in [6.45, 7) is 7.16. The van der Waals surface area contributed by atoms with Crippen LogP contribution in [0, 0.1) is 6.92 Å². The molecule has 0 bridgehead atoms. The minimum absolute atomic E-state index is 0.271. The van der Waals surface area contributed by atoms with Crippen molar-refractivity contribution >= 4 is 0 Å². The topological polar surface area (TPSA) is 56.1 Å². The van der Waals surface area contributed by atoms with Gasteiger partial charge in [-0.2, -0.15) is 0 Å². The van der Waals surface area contributed by atoms with Gasteiger partial charge in [0.2, 0.25) is 0 Å². The number of aryl methyl sites for hydroxylation is 1. The number of piperidine rings is 1. The molecule has 1 aromatic carbocycles. The summed E-state index contributed by atoms with van der Waals surface area (Å²) in [5, 5.41) is 12.4. The van der Waals surface area contributed by atoms with Crippen molar-refractivity contribution in [3.8, 4) is 0 Å². The third-order valence-electron chi connectivity index (χ3n) is 5.54. The van der Waals surface area contributed by atoms with Crippen LogP contribution in [0.3, 0.4) is 0 Å². The molecule has 134 valence electrons. The second-order valence-corrected chi connectivity index (χ2v) is 7.36. The Balaban J connectivity index is 1.29. The molecule has 4 rings (SSSR count). The number of benzene rings is 1. The van der Waals surface area contributed by atoms with Gasteiger partial charge in [0, 0.05) is 13.1 Å². The summed E-state index contributed by atoms with van der Waals surface area (Å²) >= 11 is 0. The first-order chi connectivity index (χ1) is 12.2. The molecule has 2 aliphatic rings. The zero-order chi connectivity index (χ0) is 17.2. The maximum absolute atomic E-state index is 6.17. The second-order valence-electron chi connectivity index (χ2n) is 7.36. The van der Waals surface area contributed by atoms with E-state index in [0.717, 1.165) is 31.8 Å². The Morgan fingerprint density at radius 3 is 2.64 bits per heavy atom. The highest BCUT2D eigenvalue weighted by Crippen LogP contribution is 2.36. The van der Waals surface area contributed by atoms with E-state index in [-0.39, 0.29) is 6.04 Å². The third-order valence-corrected chi connectivity index (χ3v) is 5.54. The first-order valence-electron chi connectivity index (χ1n) is 9.40. The van der Waals surface area contributed by atoms with Gasteiger partial charge in [-0.25, -0.2) is 4.68 Å². The van der Waals surface area contributed by atoms with Crippen molar-refractivity contribution in [1.29, 1.82) is 0 Å². The molecule has 1 atom stereocenters. The van der Waals surface area contributed by atoms with Crippen LogP contribution >= 0.6 is 0 Å². The van der Waals surface area contributed by atoms with Gasteiger partial charge in [-0.05, 0) is 61.1 Å². The molecule has 6 nitrogen and oxygen atoms in total. The Bertz CT molecular complexity index is 703. The molecule has 1 saturated heterocycles. The van der Waals surface area contributed by atoms with Crippen molar-refractivity contribution in [2.24, 2.45) is 0 Å². The van der Waals surface area contributed by atoms with E-state index in [4.69, 9.17) is 4.74 Å². The standard InChI is InChI=1S/C19H27N5O/c1-14-5-3-4-6-16(14)13-25-18-9-11-23(12-10-18)15(2)19-20-21-22-24(19)17-7-8-17/h3-6,15,17-18H,7-13H2,1-2H3/t15-/m0/s1. The molecular weight excluding hydrogens is 314 g/mol. The summed E-state index contributed by atoms with van der Waals surface area (Å²) in [5.74, 6) is 1.02. The van der Waals surface area contributed by atoms with E-state index in [1.54, 1.807) is 0 Å². The van der Waals surface area contributed by atoms with Crippen LogP contribution in [0.15, 0.2) is 24.3 Å². The fourth-order valence-electron chi connectivity index (χ4n) is 3.63. The van der Waals surface area contributed by atoms with E-state index in [2.05, 4.69) is 58.5 Å². The zero-order valence-electron chi connectivity index (χ0n) is 15.1. The first kappa shape index (κ1) is 16.7. The highest BCUT2D eigenvalue weighted by molar-refractivity contribution is 5.24. The molecule has 2 aromatic rings. The average molecular weight is 341 g/mol. The van der Waals surface area contributed by atoms with Crippen molar-refractivity contribution in [1.82, 2.24) is 25.1 Å². The number of nitrogens with zero attached hydrogens (tertiary/aromatic N) is 5. The van der Waals surface area contributed by atoms with Gasteiger partial charge in [-0.1, -0.05) is 24.3 Å². The molecule has 0 N–H and O–H groups in total. The van der Waals surface area contributed by atoms with Crippen molar-refractivity contribution < 1.29 is 4.74 Å². The summed E-state index contributed by atoms with van der Waals surface area (Å²) in [4.78, 5) is 2.48. The van der Waals surface area contributed by atoms with Crippen LogP contribution in [0.5, 0.6) is 0 Å². The predicted molar refractivity (Wildman–Crippen MR) is 95.1 cm³/mol. The number of hydrogen-bond donors (Lipinski definition) is 0. The van der Waals surface area contributed by atoms with E-state index in [1.165, 1.54) is 24.0 Å². The van der Waals surface area contributed by atoms with Gasteiger partial charge in [0.05, 0.1) is 24.8 Å². The molecule has 6 heteroatoms. The molecule has 0 amide bonds. The van der Waals surface area contributed by atoms with Gasteiger partial charge < -0.3 is 4.74 Å². The maximum Gasteiger partial charge on any atom is 0.168 e. The minimum Gasteiger partial charge on any atom is -0.373 e. The molecule has 0 spiro atoms. The van der Waals surface area contributed by atoms with Crippen LogP contribution in [0.1, 0.15) is 61.6 Å². The Morgan fingerprint density at radius 2 is 1.92 bits per heavy atom. The quantitative estimate of drug-likeness (QED) is 0.808. The van der Waals surface area contributed by atoms with E-state index in [1.807, 2.05) is 4.68 Å². The van der Waals surface area contributed by atoms with E-state index in [0.29, 0.717) is 18.8 Å². The predicted octanol–water partition coefficient (Wildman–Crippen LogP) is 3.06. The Kier molecular flexibility index (Phi) is 4.81. The second kappa shape index (κ2) is 7.22. The fourth-order valence-corrected chi connectivity index (χ4v) is 3.63. The lowest BCUT2D eigenvalue weighted by Gasteiger charge is -2.35. The average Bonchev–Trinajstić information content (AvgIpc) is 3.37. The molecule has 1 aliphatic carbocycles. The molecule has 2 heterocycles. The smallest absolute Gasteiger partial charge is 0.168 e. The lowest BCUT2D eigenvalue weighted by molar-refractivity contribution is -0.0110. The Morgan fingerprint density at radius 1 is 1.16 bits per heavy atom. The Labute approximate surface area is 149 Å². The van der Waals surface area contributed by atoms with Crippen LogP contribution in [0.4, 0.5) is 0 Å². The molecule has 2 fully saturated rings. The lowest BCUT2D eigenvalue weighted by atomic mass is 10.1. The number of hydrogen-bond acceptors (Lipinski definition) is 5. The van der Waals surface area contributed by atoms with Crippen LogP contribution in [0.2, 0.25) is 0 Å². The van der Waals surface area contributed by atoms with Gasteiger partial charge >= 0.3 is 0 Å². The molecule has 0 radical (unpaired) electrons. The van der Waals surface area contributed by atoms with Crippen molar-refractivity contribution in [2.45, 2.75) is 64.3 Å².